The summed E-state index contributed by atoms with van der Waals surface area (Å²) in [5.74, 6) is -0.395. The zero-order chi connectivity index (χ0) is 22.0. The number of carbonyl (C=O) groups excluding carboxylic acids is 1. The molecule has 10 heteroatoms. The predicted octanol–water partition coefficient (Wildman–Crippen LogP) is 3.65. The van der Waals surface area contributed by atoms with Gasteiger partial charge in [-0.3, -0.25) is 9.59 Å². The maximum Gasteiger partial charge on any atom is 0.262 e. The number of halogens is 2. The number of amides is 1. The van der Waals surface area contributed by atoms with Crippen LogP contribution in [0.15, 0.2) is 64.7 Å². The molecule has 1 amide bonds. The summed E-state index contributed by atoms with van der Waals surface area (Å²) in [5.41, 5.74) is 1.53. The first-order valence-electron chi connectivity index (χ1n) is 9.26. The van der Waals surface area contributed by atoms with Crippen molar-refractivity contribution in [3.05, 3.63) is 81.5 Å². The van der Waals surface area contributed by atoms with E-state index >= 15 is 0 Å². The molecule has 0 aliphatic carbocycles. The van der Waals surface area contributed by atoms with Crippen molar-refractivity contribution in [1.29, 1.82) is 0 Å². The molecule has 0 bridgehead atoms. The molecule has 4 rings (SSSR count). The van der Waals surface area contributed by atoms with Gasteiger partial charge in [-0.15, -0.1) is 0 Å². The van der Waals surface area contributed by atoms with Crippen molar-refractivity contribution in [2.75, 3.05) is 12.8 Å². The third-order valence-corrected chi connectivity index (χ3v) is 5.65. The quantitative estimate of drug-likeness (QED) is 0.353. The second-order valence-corrected chi connectivity index (χ2v) is 8.21. The Morgan fingerprint density at radius 3 is 2.77 bits per heavy atom. The van der Waals surface area contributed by atoms with Crippen LogP contribution in [0.2, 0.25) is 5.02 Å². The van der Waals surface area contributed by atoms with Crippen molar-refractivity contribution in [3.8, 4) is 5.69 Å². The number of benzene rings is 2. The Morgan fingerprint density at radius 2 is 2.03 bits per heavy atom. The van der Waals surface area contributed by atoms with Gasteiger partial charge >= 0.3 is 0 Å². The number of H-pyrrole nitrogens is 1. The summed E-state index contributed by atoms with van der Waals surface area (Å²) in [7, 11) is 1.67. The molecule has 0 saturated heterocycles. The second kappa shape index (κ2) is 8.91. The van der Waals surface area contributed by atoms with Crippen LogP contribution >= 0.6 is 23.4 Å². The normalized spacial score (nSPS) is 11.1. The molecular formula is C21H17ClFN5O2S. The average Bonchev–Trinajstić information content (AvgIpc) is 3.18. The molecular weight excluding hydrogens is 441 g/mol. The minimum absolute atomic E-state index is 0.0808. The van der Waals surface area contributed by atoms with Crippen molar-refractivity contribution < 1.29 is 9.18 Å². The molecule has 0 spiro atoms. The van der Waals surface area contributed by atoms with Crippen molar-refractivity contribution >= 4 is 40.3 Å². The maximum atomic E-state index is 13.0. The van der Waals surface area contributed by atoms with Crippen molar-refractivity contribution in [3.63, 3.8) is 0 Å². The van der Waals surface area contributed by atoms with Crippen LogP contribution in [0.1, 0.15) is 5.56 Å². The summed E-state index contributed by atoms with van der Waals surface area (Å²) >= 11 is 7.19. The van der Waals surface area contributed by atoms with Gasteiger partial charge in [0.2, 0.25) is 5.91 Å². The number of hydrogen-bond acceptors (Lipinski definition) is 5. The zero-order valence-electron chi connectivity index (χ0n) is 16.4. The molecule has 0 unspecified atom stereocenters. The number of hydrogen-bond donors (Lipinski definition) is 1. The van der Waals surface area contributed by atoms with E-state index in [4.69, 9.17) is 11.6 Å². The molecule has 0 atom stereocenters. The highest BCUT2D eigenvalue weighted by atomic mass is 35.5. The fraction of sp³-hybridized carbons (Fsp3) is 0.143. The minimum Gasteiger partial charge on any atom is -0.341 e. The van der Waals surface area contributed by atoms with Crippen molar-refractivity contribution in [1.82, 2.24) is 24.6 Å². The molecule has 0 aliphatic heterocycles. The van der Waals surface area contributed by atoms with Gasteiger partial charge in [0.25, 0.3) is 5.56 Å². The second-order valence-electron chi connectivity index (χ2n) is 6.81. The van der Waals surface area contributed by atoms with Crippen LogP contribution in [0.5, 0.6) is 0 Å². The van der Waals surface area contributed by atoms with E-state index < -0.39 is 0 Å². The van der Waals surface area contributed by atoms with Gasteiger partial charge in [0, 0.05) is 18.6 Å². The number of aromatic nitrogens is 4. The van der Waals surface area contributed by atoms with Crippen molar-refractivity contribution in [2.24, 2.45) is 0 Å². The standard InChI is InChI=1S/C21H17ClFN5O2S/c1-27(11-13-5-7-15(23)8-6-13)18(29)12-31-21-25-19-17(20(30)26-21)10-24-28(19)16-4-2-3-14(22)9-16/h2-10H,11-12H2,1H3,(H,25,26,30). The third kappa shape index (κ3) is 4.78. The molecule has 0 radical (unpaired) electrons. The van der Waals surface area contributed by atoms with E-state index in [1.165, 1.54) is 27.9 Å². The lowest BCUT2D eigenvalue weighted by Gasteiger charge is -2.17. The summed E-state index contributed by atoms with van der Waals surface area (Å²) in [4.78, 5) is 33.6. The fourth-order valence-corrected chi connectivity index (χ4v) is 3.94. The SMILES string of the molecule is CN(Cc1ccc(F)cc1)C(=O)CSc1nc2c(cnn2-c2cccc(Cl)c2)c(=O)[nH]1. The molecule has 0 saturated carbocycles. The number of thioether (sulfide) groups is 1. The third-order valence-electron chi connectivity index (χ3n) is 4.56. The van der Waals surface area contributed by atoms with E-state index in [2.05, 4.69) is 15.1 Å². The molecule has 1 N–H and O–H groups in total. The highest BCUT2D eigenvalue weighted by Crippen LogP contribution is 2.20. The Balaban J connectivity index is 1.50. The summed E-state index contributed by atoms with van der Waals surface area (Å²) in [5, 5.41) is 5.43. The highest BCUT2D eigenvalue weighted by Gasteiger charge is 2.15. The average molecular weight is 458 g/mol. The van der Waals surface area contributed by atoms with Gasteiger partial charge in [-0.05, 0) is 35.9 Å². The largest absolute Gasteiger partial charge is 0.341 e. The number of nitrogens with one attached hydrogen (secondary N) is 1. The van der Waals surface area contributed by atoms with Gasteiger partial charge in [0.05, 0.1) is 17.6 Å². The van der Waals surface area contributed by atoms with Gasteiger partial charge in [-0.1, -0.05) is 41.6 Å². The lowest BCUT2D eigenvalue weighted by atomic mass is 10.2. The van der Waals surface area contributed by atoms with Gasteiger partial charge in [0.15, 0.2) is 10.8 Å². The van der Waals surface area contributed by atoms with E-state index in [9.17, 15) is 14.0 Å². The number of nitrogens with zero attached hydrogens (tertiary/aromatic N) is 4. The lowest BCUT2D eigenvalue weighted by molar-refractivity contribution is -0.127. The summed E-state index contributed by atoms with van der Waals surface area (Å²) in [6.45, 7) is 0.351. The Labute approximate surface area is 185 Å². The number of carbonyl (C=O) groups is 1. The summed E-state index contributed by atoms with van der Waals surface area (Å²) in [6.07, 6.45) is 1.44. The van der Waals surface area contributed by atoms with Crippen LogP contribution in [0.25, 0.3) is 16.7 Å². The fourth-order valence-electron chi connectivity index (χ4n) is 2.96. The maximum absolute atomic E-state index is 13.0. The van der Waals surface area contributed by atoms with Crippen LogP contribution in [0, 0.1) is 5.82 Å². The Kier molecular flexibility index (Phi) is 6.06. The highest BCUT2D eigenvalue weighted by molar-refractivity contribution is 7.99. The van der Waals surface area contributed by atoms with E-state index in [1.807, 2.05) is 6.07 Å². The van der Waals surface area contributed by atoms with Gasteiger partial charge < -0.3 is 9.88 Å². The molecule has 2 aromatic carbocycles. The Hall–Kier alpha value is -3.17. The van der Waals surface area contributed by atoms with Crippen LogP contribution in [-0.4, -0.2) is 43.4 Å². The van der Waals surface area contributed by atoms with E-state index in [0.29, 0.717) is 33.4 Å². The minimum atomic E-state index is -0.340. The number of rotatable bonds is 6. The van der Waals surface area contributed by atoms with E-state index in [-0.39, 0.29) is 23.0 Å². The Morgan fingerprint density at radius 1 is 1.26 bits per heavy atom. The van der Waals surface area contributed by atoms with Crippen LogP contribution < -0.4 is 5.56 Å². The van der Waals surface area contributed by atoms with Crippen LogP contribution in [0.4, 0.5) is 4.39 Å². The predicted molar refractivity (Wildman–Crippen MR) is 118 cm³/mol. The van der Waals surface area contributed by atoms with E-state index in [0.717, 1.165) is 17.3 Å². The molecule has 2 aromatic heterocycles. The topological polar surface area (TPSA) is 83.9 Å². The smallest absolute Gasteiger partial charge is 0.262 e. The van der Waals surface area contributed by atoms with Gasteiger partial charge in [-0.2, -0.15) is 5.10 Å². The summed E-state index contributed by atoms with van der Waals surface area (Å²) < 4.78 is 14.6. The summed E-state index contributed by atoms with van der Waals surface area (Å²) in [6, 6.07) is 13.0. The molecule has 7 nitrogen and oxygen atoms in total. The molecule has 31 heavy (non-hydrogen) atoms. The molecule has 158 valence electrons. The molecule has 0 aliphatic rings. The van der Waals surface area contributed by atoms with Gasteiger partial charge in [0.1, 0.15) is 11.2 Å². The van der Waals surface area contributed by atoms with Crippen LogP contribution in [-0.2, 0) is 11.3 Å². The Bertz CT molecular complexity index is 1310. The monoisotopic (exact) mass is 457 g/mol. The number of fused-ring (bicyclic) bond motifs is 1. The molecule has 4 aromatic rings. The molecule has 2 heterocycles. The lowest BCUT2D eigenvalue weighted by Crippen LogP contribution is -2.28. The first kappa shape index (κ1) is 21.1. The first-order chi connectivity index (χ1) is 14.9. The number of aromatic amines is 1. The zero-order valence-corrected chi connectivity index (χ0v) is 18.0. The van der Waals surface area contributed by atoms with Crippen LogP contribution in [0.3, 0.4) is 0 Å². The first-order valence-corrected chi connectivity index (χ1v) is 10.6. The van der Waals surface area contributed by atoms with Crippen molar-refractivity contribution in [2.45, 2.75) is 11.7 Å². The van der Waals surface area contributed by atoms with E-state index in [1.54, 1.807) is 37.4 Å². The molecule has 0 fully saturated rings. The van der Waals surface area contributed by atoms with Gasteiger partial charge in [-0.25, -0.2) is 14.1 Å².